The van der Waals surface area contributed by atoms with Gasteiger partial charge in [0.1, 0.15) is 12.0 Å². The zero-order valence-electron chi connectivity index (χ0n) is 9.04. The standard InChI is InChI=1S/C8H11N7O2/c1-16-8-12-6(11-7(13-8)14-9)10-4-5-2-3-17-15-5/h2-3H,4,9H2,1H3,(H2,10,11,12,13,14). The van der Waals surface area contributed by atoms with Gasteiger partial charge in [-0.2, -0.15) is 15.0 Å². The number of nitrogens with two attached hydrogens (primary N) is 1. The van der Waals surface area contributed by atoms with E-state index in [0.29, 0.717) is 12.5 Å². The van der Waals surface area contributed by atoms with Crippen LogP contribution in [0.1, 0.15) is 5.69 Å². The molecule has 0 atom stereocenters. The molecule has 0 bridgehead atoms. The first-order chi connectivity index (χ1) is 8.31. The van der Waals surface area contributed by atoms with E-state index < -0.39 is 0 Å². The third-order valence-corrected chi connectivity index (χ3v) is 1.85. The van der Waals surface area contributed by atoms with Crippen molar-refractivity contribution in [3.8, 4) is 6.01 Å². The van der Waals surface area contributed by atoms with Crippen molar-refractivity contribution in [2.24, 2.45) is 5.84 Å². The molecule has 0 unspecified atom stereocenters. The number of anilines is 2. The average molecular weight is 237 g/mol. The zero-order valence-corrected chi connectivity index (χ0v) is 9.04. The predicted molar refractivity (Wildman–Crippen MR) is 58.0 cm³/mol. The summed E-state index contributed by atoms with van der Waals surface area (Å²) >= 11 is 0. The van der Waals surface area contributed by atoms with Crippen LogP contribution in [0.2, 0.25) is 0 Å². The Morgan fingerprint density at radius 2 is 2.18 bits per heavy atom. The lowest BCUT2D eigenvalue weighted by Gasteiger charge is -2.06. The number of nitrogens with zero attached hydrogens (tertiary/aromatic N) is 4. The van der Waals surface area contributed by atoms with Gasteiger partial charge in [0.15, 0.2) is 0 Å². The molecule has 0 aliphatic heterocycles. The Morgan fingerprint density at radius 1 is 1.35 bits per heavy atom. The molecule has 0 aromatic carbocycles. The monoisotopic (exact) mass is 237 g/mol. The van der Waals surface area contributed by atoms with Crippen LogP contribution < -0.4 is 21.3 Å². The van der Waals surface area contributed by atoms with E-state index in [0.717, 1.165) is 5.69 Å². The Hall–Kier alpha value is -2.42. The summed E-state index contributed by atoms with van der Waals surface area (Å²) in [7, 11) is 1.46. The molecule has 0 amide bonds. The second kappa shape index (κ2) is 5.07. The molecule has 0 radical (unpaired) electrons. The number of hydrogen-bond donors (Lipinski definition) is 3. The number of hydrogen-bond acceptors (Lipinski definition) is 9. The quantitative estimate of drug-likeness (QED) is 0.477. The third kappa shape index (κ3) is 2.78. The van der Waals surface area contributed by atoms with Crippen molar-refractivity contribution in [3.05, 3.63) is 18.0 Å². The van der Waals surface area contributed by atoms with E-state index in [1.54, 1.807) is 6.07 Å². The lowest BCUT2D eigenvalue weighted by Crippen LogP contribution is -2.14. The van der Waals surface area contributed by atoms with Gasteiger partial charge in [-0.1, -0.05) is 5.16 Å². The maximum absolute atomic E-state index is 5.22. The predicted octanol–water partition coefficient (Wildman–Crippen LogP) is -0.234. The molecule has 4 N–H and O–H groups in total. The highest BCUT2D eigenvalue weighted by molar-refractivity contribution is 5.35. The van der Waals surface area contributed by atoms with Gasteiger partial charge in [0.2, 0.25) is 11.9 Å². The summed E-state index contributed by atoms with van der Waals surface area (Å²) in [5, 5.41) is 6.67. The lowest BCUT2D eigenvalue weighted by molar-refractivity contribution is 0.379. The molecular weight excluding hydrogens is 226 g/mol. The first-order valence-corrected chi connectivity index (χ1v) is 4.71. The molecule has 17 heavy (non-hydrogen) atoms. The molecule has 2 aromatic heterocycles. The van der Waals surface area contributed by atoms with Crippen LogP contribution in [0.25, 0.3) is 0 Å². The number of nitrogen functional groups attached to an aromatic ring is 1. The molecule has 0 aliphatic carbocycles. The van der Waals surface area contributed by atoms with Crippen molar-refractivity contribution >= 4 is 11.9 Å². The van der Waals surface area contributed by atoms with Crippen molar-refractivity contribution in [3.63, 3.8) is 0 Å². The van der Waals surface area contributed by atoms with Crippen LogP contribution in [-0.4, -0.2) is 27.2 Å². The Bertz CT molecular complexity index is 450. The van der Waals surface area contributed by atoms with E-state index in [1.165, 1.54) is 13.4 Å². The van der Waals surface area contributed by atoms with Gasteiger partial charge in [-0.25, -0.2) is 5.84 Å². The fraction of sp³-hybridized carbons (Fsp3) is 0.250. The summed E-state index contributed by atoms with van der Waals surface area (Å²) in [6.07, 6.45) is 1.48. The summed E-state index contributed by atoms with van der Waals surface area (Å²) in [6, 6.07) is 1.89. The van der Waals surface area contributed by atoms with Gasteiger partial charge in [0.25, 0.3) is 0 Å². The number of hydrazine groups is 1. The molecule has 0 spiro atoms. The molecule has 0 aliphatic rings. The van der Waals surface area contributed by atoms with Crippen molar-refractivity contribution < 1.29 is 9.26 Å². The molecule has 90 valence electrons. The largest absolute Gasteiger partial charge is 0.467 e. The first-order valence-electron chi connectivity index (χ1n) is 4.71. The van der Waals surface area contributed by atoms with Crippen LogP contribution in [0.3, 0.4) is 0 Å². The van der Waals surface area contributed by atoms with Gasteiger partial charge in [-0.15, -0.1) is 0 Å². The van der Waals surface area contributed by atoms with Crippen LogP contribution in [-0.2, 0) is 6.54 Å². The molecule has 9 heteroatoms. The van der Waals surface area contributed by atoms with Gasteiger partial charge in [-0.05, 0) is 0 Å². The van der Waals surface area contributed by atoms with E-state index >= 15 is 0 Å². The van der Waals surface area contributed by atoms with Gasteiger partial charge in [0.05, 0.1) is 13.7 Å². The number of rotatable bonds is 5. The number of aromatic nitrogens is 4. The highest BCUT2D eigenvalue weighted by Crippen LogP contribution is 2.10. The fourth-order valence-corrected chi connectivity index (χ4v) is 1.09. The maximum atomic E-state index is 5.22. The Labute approximate surface area is 96.4 Å². The van der Waals surface area contributed by atoms with E-state index in [-0.39, 0.29) is 12.0 Å². The Balaban J connectivity index is 2.09. The van der Waals surface area contributed by atoms with Gasteiger partial charge < -0.3 is 14.6 Å². The molecule has 2 aromatic rings. The van der Waals surface area contributed by atoms with E-state index in [2.05, 4.69) is 30.9 Å². The van der Waals surface area contributed by atoms with E-state index in [9.17, 15) is 0 Å². The van der Waals surface area contributed by atoms with Crippen LogP contribution >= 0.6 is 0 Å². The highest BCUT2D eigenvalue weighted by Gasteiger charge is 2.06. The van der Waals surface area contributed by atoms with Crippen molar-refractivity contribution in [2.45, 2.75) is 6.54 Å². The van der Waals surface area contributed by atoms with Crippen LogP contribution in [0.5, 0.6) is 6.01 Å². The normalized spacial score (nSPS) is 10.0. The second-order valence-corrected chi connectivity index (χ2v) is 2.96. The molecule has 2 heterocycles. The van der Waals surface area contributed by atoms with Crippen LogP contribution in [0, 0.1) is 0 Å². The third-order valence-electron chi connectivity index (χ3n) is 1.85. The van der Waals surface area contributed by atoms with Crippen molar-refractivity contribution in [1.82, 2.24) is 20.1 Å². The fourth-order valence-electron chi connectivity index (χ4n) is 1.09. The van der Waals surface area contributed by atoms with Gasteiger partial charge in [-0.3, -0.25) is 5.43 Å². The number of ether oxygens (including phenoxy) is 1. The molecule has 9 nitrogen and oxygen atoms in total. The molecule has 0 fully saturated rings. The highest BCUT2D eigenvalue weighted by atomic mass is 16.5. The molecule has 0 saturated heterocycles. The van der Waals surface area contributed by atoms with E-state index in [1.807, 2.05) is 0 Å². The summed E-state index contributed by atoms with van der Waals surface area (Å²) in [5.41, 5.74) is 3.05. The van der Waals surface area contributed by atoms with Gasteiger partial charge in [0, 0.05) is 6.07 Å². The summed E-state index contributed by atoms with van der Waals surface area (Å²) in [4.78, 5) is 11.8. The Morgan fingerprint density at radius 3 is 2.82 bits per heavy atom. The summed E-state index contributed by atoms with van der Waals surface area (Å²) < 4.78 is 9.59. The molecule has 0 saturated carbocycles. The smallest absolute Gasteiger partial charge is 0.322 e. The maximum Gasteiger partial charge on any atom is 0.322 e. The minimum absolute atomic E-state index is 0.163. The van der Waals surface area contributed by atoms with E-state index in [4.69, 9.17) is 15.1 Å². The van der Waals surface area contributed by atoms with Crippen LogP contribution in [0.4, 0.5) is 11.9 Å². The van der Waals surface area contributed by atoms with Crippen molar-refractivity contribution in [2.75, 3.05) is 17.9 Å². The lowest BCUT2D eigenvalue weighted by atomic mass is 10.4. The number of methoxy groups -OCH3 is 1. The Kier molecular flexibility index (Phi) is 3.31. The number of nitrogens with one attached hydrogen (secondary N) is 2. The van der Waals surface area contributed by atoms with Gasteiger partial charge >= 0.3 is 6.01 Å². The summed E-state index contributed by atoms with van der Waals surface area (Å²) in [6.45, 7) is 0.424. The average Bonchev–Trinajstić information content (AvgIpc) is 2.89. The minimum Gasteiger partial charge on any atom is -0.467 e. The SMILES string of the molecule is COc1nc(NN)nc(NCc2ccon2)n1. The topological polar surface area (TPSA) is 124 Å². The zero-order chi connectivity index (χ0) is 12.1. The molecular formula is C8H11N7O2. The summed E-state index contributed by atoms with van der Waals surface area (Å²) in [5.74, 6) is 5.75. The minimum atomic E-state index is 0.163. The van der Waals surface area contributed by atoms with Crippen LogP contribution in [0.15, 0.2) is 16.9 Å². The second-order valence-electron chi connectivity index (χ2n) is 2.96. The molecule has 2 rings (SSSR count). The van der Waals surface area contributed by atoms with Crippen molar-refractivity contribution in [1.29, 1.82) is 0 Å². The first kappa shape index (κ1) is 11.1.